The summed E-state index contributed by atoms with van der Waals surface area (Å²) in [4.78, 5) is 24.4. The van der Waals surface area contributed by atoms with Gasteiger partial charge < -0.3 is 14.4 Å². The summed E-state index contributed by atoms with van der Waals surface area (Å²) < 4.78 is 24.3. The Bertz CT molecular complexity index is 1250. The van der Waals surface area contributed by atoms with Gasteiger partial charge in [-0.3, -0.25) is 9.78 Å². The number of carbonyl (C=O) groups is 1. The number of aromatic nitrogens is 2. The van der Waals surface area contributed by atoms with Crippen molar-refractivity contribution < 1.29 is 18.7 Å². The number of halogens is 1. The van der Waals surface area contributed by atoms with Gasteiger partial charge in [0.05, 0.1) is 25.3 Å². The fourth-order valence-corrected chi connectivity index (χ4v) is 5.00. The molecule has 0 amide bonds. The first-order valence-electron chi connectivity index (χ1n) is 13.4. The van der Waals surface area contributed by atoms with E-state index in [0.717, 1.165) is 65.3 Å². The van der Waals surface area contributed by atoms with E-state index in [0.29, 0.717) is 30.9 Å². The lowest BCUT2D eigenvalue weighted by Crippen LogP contribution is -2.38. The van der Waals surface area contributed by atoms with Crippen LogP contribution < -0.4 is 9.64 Å². The van der Waals surface area contributed by atoms with Crippen LogP contribution in [0.4, 0.5) is 10.1 Å². The highest BCUT2D eigenvalue weighted by molar-refractivity contribution is 5.86. The maximum absolute atomic E-state index is 13.1. The molecule has 0 bridgehead atoms. The summed E-state index contributed by atoms with van der Waals surface area (Å²) in [6.07, 6.45) is 4.82. The Hall–Kier alpha value is -3.48. The molecule has 7 heteroatoms. The fraction of sp³-hybridized carbons (Fsp3) is 0.452. The third kappa shape index (κ3) is 6.69. The fourth-order valence-electron chi connectivity index (χ4n) is 5.00. The highest BCUT2D eigenvalue weighted by Gasteiger charge is 2.30. The molecule has 38 heavy (non-hydrogen) atoms. The molecule has 3 aromatic rings. The normalized spacial score (nSPS) is 14.8. The Morgan fingerprint density at radius 2 is 1.76 bits per heavy atom. The van der Waals surface area contributed by atoms with Crippen molar-refractivity contribution in [1.29, 1.82) is 0 Å². The number of anilines is 1. The number of hydrogen-bond acceptors (Lipinski definition) is 6. The Morgan fingerprint density at radius 1 is 1.05 bits per heavy atom. The summed E-state index contributed by atoms with van der Waals surface area (Å²) in [5.74, 6) is 0.0429. The van der Waals surface area contributed by atoms with E-state index in [1.807, 2.05) is 39.1 Å². The lowest BCUT2D eigenvalue weighted by Gasteiger charge is -2.40. The number of piperidine rings is 1. The van der Waals surface area contributed by atoms with Crippen LogP contribution in [0.25, 0.3) is 11.1 Å². The van der Waals surface area contributed by atoms with Crippen LogP contribution in [0.5, 0.6) is 5.88 Å². The largest absolute Gasteiger partial charge is 0.477 e. The zero-order valence-corrected chi connectivity index (χ0v) is 23.1. The van der Waals surface area contributed by atoms with E-state index < -0.39 is 0 Å². The number of hydrogen-bond donors (Lipinski definition) is 0. The van der Waals surface area contributed by atoms with Crippen LogP contribution in [0.2, 0.25) is 0 Å². The molecular formula is C31H38FN3O3. The standard InChI is InChI=1S/C31H38FN3O3/c1-6-37-28(36)19-26-21(2)34-22(3)29(30(26)35-16-14-31(4,5)15-17-35)24-9-12-27(33-20-24)38-18-13-23-7-10-25(32)11-8-23/h7-12,20H,6,13-19H2,1-5H3. The minimum atomic E-state index is -0.245. The molecule has 1 aliphatic heterocycles. The van der Waals surface area contributed by atoms with Gasteiger partial charge in [0.1, 0.15) is 5.82 Å². The van der Waals surface area contributed by atoms with Gasteiger partial charge in [-0.1, -0.05) is 26.0 Å². The summed E-state index contributed by atoms with van der Waals surface area (Å²) in [7, 11) is 0. The topological polar surface area (TPSA) is 64.5 Å². The molecule has 1 saturated heterocycles. The van der Waals surface area contributed by atoms with Crippen LogP contribution in [0.3, 0.4) is 0 Å². The second-order valence-corrected chi connectivity index (χ2v) is 10.7. The first kappa shape index (κ1) is 27.6. The first-order chi connectivity index (χ1) is 18.2. The van der Waals surface area contributed by atoms with Crippen molar-refractivity contribution in [2.45, 2.75) is 60.3 Å². The molecule has 4 rings (SSSR count). The average molecular weight is 520 g/mol. The minimum Gasteiger partial charge on any atom is -0.477 e. The van der Waals surface area contributed by atoms with Crippen LogP contribution in [0, 0.1) is 25.1 Å². The number of benzene rings is 1. The second kappa shape index (κ2) is 11.9. The first-order valence-corrected chi connectivity index (χ1v) is 13.4. The maximum Gasteiger partial charge on any atom is 0.310 e. The van der Waals surface area contributed by atoms with Crippen LogP contribution in [-0.4, -0.2) is 42.2 Å². The van der Waals surface area contributed by atoms with Crippen molar-refractivity contribution in [2.75, 3.05) is 31.2 Å². The predicted octanol–water partition coefficient (Wildman–Crippen LogP) is 6.25. The molecule has 0 spiro atoms. The van der Waals surface area contributed by atoms with Crippen molar-refractivity contribution in [3.05, 3.63) is 70.9 Å². The van der Waals surface area contributed by atoms with Crippen LogP contribution in [0.15, 0.2) is 42.6 Å². The molecule has 0 N–H and O–H groups in total. The number of esters is 1. The third-order valence-corrected chi connectivity index (χ3v) is 7.30. The molecule has 6 nitrogen and oxygen atoms in total. The molecule has 1 fully saturated rings. The number of aryl methyl sites for hydroxylation is 2. The van der Waals surface area contributed by atoms with Gasteiger partial charge in [0.2, 0.25) is 5.88 Å². The SMILES string of the molecule is CCOC(=O)Cc1c(C)nc(C)c(-c2ccc(OCCc3ccc(F)cc3)nc2)c1N1CCC(C)(C)CC1. The molecule has 0 aliphatic carbocycles. The molecule has 2 aromatic heterocycles. The van der Waals surface area contributed by atoms with Gasteiger partial charge >= 0.3 is 5.97 Å². The number of ether oxygens (including phenoxy) is 2. The van der Waals surface area contributed by atoms with Crippen molar-refractivity contribution in [3.63, 3.8) is 0 Å². The van der Waals surface area contributed by atoms with E-state index in [4.69, 9.17) is 14.5 Å². The van der Waals surface area contributed by atoms with Crippen LogP contribution in [-0.2, 0) is 22.4 Å². The molecule has 0 radical (unpaired) electrons. The molecule has 0 unspecified atom stereocenters. The molecule has 1 aromatic carbocycles. The summed E-state index contributed by atoms with van der Waals surface area (Å²) >= 11 is 0. The van der Waals surface area contributed by atoms with Crippen LogP contribution >= 0.6 is 0 Å². The van der Waals surface area contributed by atoms with E-state index in [1.54, 1.807) is 12.1 Å². The van der Waals surface area contributed by atoms with Crippen molar-refractivity contribution in [2.24, 2.45) is 5.41 Å². The lowest BCUT2D eigenvalue weighted by atomic mass is 9.82. The summed E-state index contributed by atoms with van der Waals surface area (Å²) in [5.41, 5.74) is 6.98. The van der Waals surface area contributed by atoms with E-state index in [9.17, 15) is 9.18 Å². The smallest absolute Gasteiger partial charge is 0.310 e. The van der Waals surface area contributed by atoms with Gasteiger partial charge in [-0.2, -0.15) is 0 Å². The number of pyridine rings is 2. The minimum absolute atomic E-state index is 0.188. The number of nitrogens with zero attached hydrogens (tertiary/aromatic N) is 3. The molecule has 1 aliphatic rings. The number of carbonyl (C=O) groups excluding carboxylic acids is 1. The van der Waals surface area contributed by atoms with Crippen molar-refractivity contribution >= 4 is 11.7 Å². The van der Waals surface area contributed by atoms with Crippen molar-refractivity contribution in [3.8, 4) is 17.0 Å². The molecule has 0 saturated carbocycles. The van der Waals surface area contributed by atoms with Gasteiger partial charge in [-0.05, 0) is 62.8 Å². The third-order valence-electron chi connectivity index (χ3n) is 7.30. The Kier molecular flexibility index (Phi) is 8.65. The maximum atomic E-state index is 13.1. The molecule has 3 heterocycles. The molecule has 202 valence electrons. The predicted molar refractivity (Wildman–Crippen MR) is 148 cm³/mol. The van der Waals surface area contributed by atoms with Crippen molar-refractivity contribution in [1.82, 2.24) is 9.97 Å². The average Bonchev–Trinajstić information content (AvgIpc) is 2.88. The second-order valence-electron chi connectivity index (χ2n) is 10.7. The summed E-state index contributed by atoms with van der Waals surface area (Å²) in [5, 5.41) is 0. The molecular weight excluding hydrogens is 481 g/mol. The monoisotopic (exact) mass is 519 g/mol. The Labute approximate surface area is 225 Å². The molecule has 0 atom stereocenters. The zero-order valence-electron chi connectivity index (χ0n) is 23.1. The van der Waals surface area contributed by atoms with Gasteiger partial charge in [-0.15, -0.1) is 0 Å². The Balaban J connectivity index is 1.62. The van der Waals surface area contributed by atoms with Gasteiger partial charge in [0.25, 0.3) is 0 Å². The van der Waals surface area contributed by atoms with E-state index in [2.05, 4.69) is 23.7 Å². The van der Waals surface area contributed by atoms with Gasteiger partial charge in [0, 0.05) is 59.9 Å². The van der Waals surface area contributed by atoms with E-state index >= 15 is 0 Å². The summed E-state index contributed by atoms with van der Waals surface area (Å²) in [6.45, 7) is 13.1. The highest BCUT2D eigenvalue weighted by atomic mass is 19.1. The van der Waals surface area contributed by atoms with E-state index in [-0.39, 0.29) is 18.2 Å². The number of rotatable bonds is 9. The highest BCUT2D eigenvalue weighted by Crippen LogP contribution is 2.41. The quantitative estimate of drug-likeness (QED) is 0.311. The van der Waals surface area contributed by atoms with Crippen LogP contribution in [0.1, 0.15) is 56.1 Å². The lowest BCUT2D eigenvalue weighted by molar-refractivity contribution is -0.142. The Morgan fingerprint density at radius 3 is 2.39 bits per heavy atom. The van der Waals surface area contributed by atoms with Gasteiger partial charge in [0.15, 0.2) is 0 Å². The van der Waals surface area contributed by atoms with Gasteiger partial charge in [-0.25, -0.2) is 9.37 Å². The van der Waals surface area contributed by atoms with E-state index in [1.165, 1.54) is 12.1 Å². The summed E-state index contributed by atoms with van der Waals surface area (Å²) in [6, 6.07) is 10.3. The zero-order chi connectivity index (χ0) is 27.3.